The summed E-state index contributed by atoms with van der Waals surface area (Å²) in [4.78, 5) is 12.7. The van der Waals surface area contributed by atoms with Crippen LogP contribution in [0.4, 0.5) is 0 Å². The number of carbonyl (C=O) groups is 1. The second kappa shape index (κ2) is 11.4. The van der Waals surface area contributed by atoms with E-state index >= 15 is 0 Å². The third kappa shape index (κ3) is 4.57. The molecule has 0 radical (unpaired) electrons. The van der Waals surface area contributed by atoms with Crippen molar-refractivity contribution in [3.05, 3.63) is 22.8 Å². The number of carbonyl (C=O) groups excluding carboxylic acids is 1. The number of ketones is 1. The third-order valence-corrected chi connectivity index (χ3v) is 13.6. The van der Waals surface area contributed by atoms with Gasteiger partial charge < -0.3 is 49.6 Å². The van der Waals surface area contributed by atoms with Crippen molar-refractivity contribution in [2.24, 2.45) is 34.5 Å². The lowest BCUT2D eigenvalue weighted by atomic mass is 9.51. The Morgan fingerprint density at radius 3 is 2.43 bits per heavy atom. The Bertz CT molecular complexity index is 1290. The summed E-state index contributed by atoms with van der Waals surface area (Å²) in [6.07, 6.45) is -0.926. The smallest absolute Gasteiger partial charge is 0.186 e. The van der Waals surface area contributed by atoms with Crippen LogP contribution in [0.3, 0.4) is 0 Å². The zero-order valence-electron chi connectivity index (χ0n) is 27.5. The fourth-order valence-electron chi connectivity index (χ4n) is 10.8. The molecule has 4 fully saturated rings. The summed E-state index contributed by atoms with van der Waals surface area (Å²) < 4.78 is 24.5. The topological polar surface area (TPSA) is 175 Å². The number of aliphatic hydroxyl groups excluding tert-OH is 5. The third-order valence-electron chi connectivity index (χ3n) is 13.6. The Kier molecular flexibility index (Phi) is 8.24. The predicted octanol–water partition coefficient (Wildman–Crippen LogP) is 1.50. The Balaban J connectivity index is 1.10. The van der Waals surface area contributed by atoms with E-state index in [2.05, 4.69) is 19.9 Å². The molecule has 0 aromatic heterocycles. The number of Topliss-reactive ketones (excluding diaryl/α,β-unsaturated/α-hetero) is 1. The molecular formula is C35H52O11. The minimum absolute atomic E-state index is 0.0115. The van der Waals surface area contributed by atoms with Gasteiger partial charge in [0.15, 0.2) is 24.0 Å². The van der Waals surface area contributed by atoms with E-state index < -0.39 is 67.3 Å². The average Bonchev–Trinajstić information content (AvgIpc) is 3.64. The second-order valence-electron chi connectivity index (χ2n) is 16.0. The van der Waals surface area contributed by atoms with E-state index in [-0.39, 0.29) is 40.7 Å². The molecule has 3 heterocycles. The first-order chi connectivity index (χ1) is 21.7. The molecule has 3 saturated heterocycles. The molecule has 7 rings (SSSR count). The van der Waals surface area contributed by atoms with E-state index in [1.165, 1.54) is 23.6 Å². The van der Waals surface area contributed by atoms with Crippen molar-refractivity contribution in [3.8, 4) is 0 Å². The summed E-state index contributed by atoms with van der Waals surface area (Å²) in [7, 11) is 0. The lowest BCUT2D eigenvalue weighted by molar-refractivity contribution is -0.315. The van der Waals surface area contributed by atoms with Crippen LogP contribution in [0.15, 0.2) is 22.8 Å². The Morgan fingerprint density at radius 2 is 1.76 bits per heavy atom. The molecule has 6 N–H and O–H groups in total. The minimum Gasteiger partial charge on any atom is -0.394 e. The second-order valence-corrected chi connectivity index (χ2v) is 16.0. The molecule has 0 spiro atoms. The van der Waals surface area contributed by atoms with Crippen molar-refractivity contribution in [3.63, 3.8) is 0 Å². The molecule has 3 aliphatic heterocycles. The van der Waals surface area contributed by atoms with Gasteiger partial charge in [0.25, 0.3) is 0 Å². The number of aliphatic hydroxyl groups is 6. The van der Waals surface area contributed by atoms with E-state index in [1.54, 1.807) is 13.8 Å². The highest BCUT2D eigenvalue weighted by Gasteiger charge is 2.69. The Hall–Kier alpha value is -1.25. The number of fused-ring (bicyclic) bond motifs is 8. The molecule has 46 heavy (non-hydrogen) atoms. The normalized spacial score (nSPS) is 51.1. The van der Waals surface area contributed by atoms with Crippen molar-refractivity contribution >= 4 is 5.78 Å². The van der Waals surface area contributed by atoms with Gasteiger partial charge in [-0.1, -0.05) is 39.3 Å². The van der Waals surface area contributed by atoms with E-state index in [1.807, 2.05) is 0 Å². The van der Waals surface area contributed by atoms with Crippen molar-refractivity contribution in [1.82, 2.24) is 0 Å². The van der Waals surface area contributed by atoms with Gasteiger partial charge in [-0.05, 0) is 85.7 Å². The number of hydrogen-bond donors (Lipinski definition) is 6. The quantitative estimate of drug-likeness (QED) is 0.246. The fourth-order valence-corrected chi connectivity index (χ4v) is 10.8. The minimum atomic E-state index is -1.74. The average molecular weight is 649 g/mol. The van der Waals surface area contributed by atoms with Gasteiger partial charge in [0.1, 0.15) is 30.5 Å². The number of allylic oxidation sites excluding steroid dienone is 3. The van der Waals surface area contributed by atoms with Crippen LogP contribution in [0.5, 0.6) is 0 Å². The van der Waals surface area contributed by atoms with Crippen LogP contribution in [-0.4, -0.2) is 110 Å². The van der Waals surface area contributed by atoms with E-state index in [4.69, 9.17) is 18.9 Å². The number of ether oxygens (including phenoxy) is 4. The van der Waals surface area contributed by atoms with Gasteiger partial charge in [-0.3, -0.25) is 4.79 Å². The Labute approximate surface area is 270 Å². The molecule has 1 saturated carbocycles. The van der Waals surface area contributed by atoms with Crippen LogP contribution < -0.4 is 0 Å². The predicted molar refractivity (Wildman–Crippen MR) is 163 cm³/mol. The molecule has 11 heteroatoms. The van der Waals surface area contributed by atoms with Gasteiger partial charge >= 0.3 is 0 Å². The Morgan fingerprint density at radius 1 is 1.02 bits per heavy atom. The molecule has 0 bridgehead atoms. The molecule has 11 nitrogen and oxygen atoms in total. The SMILES string of the molecule is CC(=O)[C@](O)(C(C)C)[C@H]1O[C@H](O)[C@@H]2[C@H]1O[C@H]1C=C3C4=C(CC[C@]3(C)[C@@H]21)[C@@]1(C)CC[C@@H](O[C@@H]2O[C@H](CO)[C@@H](O)[C@H](O)[C@H]2O)C[C@@H]1CC4. The van der Waals surface area contributed by atoms with Crippen LogP contribution >= 0.6 is 0 Å². The number of hydrogen-bond acceptors (Lipinski definition) is 11. The molecule has 258 valence electrons. The summed E-state index contributed by atoms with van der Waals surface area (Å²) in [5, 5.41) is 63.2. The molecule has 0 unspecified atom stereocenters. The largest absolute Gasteiger partial charge is 0.394 e. The molecule has 7 aliphatic rings. The highest BCUT2D eigenvalue weighted by atomic mass is 16.7. The van der Waals surface area contributed by atoms with Gasteiger partial charge in [-0.15, -0.1) is 0 Å². The van der Waals surface area contributed by atoms with Gasteiger partial charge in [-0.25, -0.2) is 0 Å². The van der Waals surface area contributed by atoms with Crippen LogP contribution in [0.25, 0.3) is 0 Å². The van der Waals surface area contributed by atoms with E-state index in [9.17, 15) is 35.4 Å². The van der Waals surface area contributed by atoms with Gasteiger partial charge in [0.2, 0.25) is 0 Å². The lowest BCUT2D eigenvalue weighted by Gasteiger charge is -2.54. The standard InChI is InChI=1S/C35H52O11/c1-15(2)35(42,16(3)37)30-29-24(31(41)46-30)25-22(44-29)13-21-19-7-6-17-12-18(8-10-33(17,4)20(19)9-11-34(21,25)5)43-32-28(40)27(39)26(38)23(14-36)45-32/h13,15,17-18,22-32,36,38-42H,6-12,14H2,1-5H3/t17-,18+,22-,23+,24-,25+,26+,27-,28+,29+,30-,31-,32+,33-,34-,35+/m0/s1. The summed E-state index contributed by atoms with van der Waals surface area (Å²) in [5.41, 5.74) is 2.27. The maximum atomic E-state index is 12.7. The molecule has 0 aromatic rings. The van der Waals surface area contributed by atoms with Crippen LogP contribution in [0.1, 0.15) is 79.6 Å². The highest BCUT2D eigenvalue weighted by molar-refractivity contribution is 5.86. The monoisotopic (exact) mass is 648 g/mol. The summed E-state index contributed by atoms with van der Waals surface area (Å²) >= 11 is 0. The van der Waals surface area contributed by atoms with Gasteiger partial charge in [0, 0.05) is 11.8 Å². The van der Waals surface area contributed by atoms with Crippen molar-refractivity contribution < 1.29 is 54.4 Å². The number of rotatable bonds is 6. The molecule has 0 amide bonds. The molecular weight excluding hydrogens is 596 g/mol. The molecule has 4 aliphatic carbocycles. The maximum absolute atomic E-state index is 12.7. The highest BCUT2D eigenvalue weighted by Crippen LogP contribution is 2.67. The van der Waals surface area contributed by atoms with Gasteiger partial charge in [-0.2, -0.15) is 0 Å². The first-order valence-corrected chi connectivity index (χ1v) is 17.3. The first-order valence-electron chi connectivity index (χ1n) is 17.3. The zero-order valence-corrected chi connectivity index (χ0v) is 27.5. The summed E-state index contributed by atoms with van der Waals surface area (Å²) in [6.45, 7) is 9.13. The molecule has 16 atom stereocenters. The van der Waals surface area contributed by atoms with E-state index in [0.29, 0.717) is 5.92 Å². The van der Waals surface area contributed by atoms with Crippen LogP contribution in [0.2, 0.25) is 0 Å². The van der Waals surface area contributed by atoms with Crippen LogP contribution in [0, 0.1) is 34.5 Å². The summed E-state index contributed by atoms with van der Waals surface area (Å²) in [6, 6.07) is 0. The van der Waals surface area contributed by atoms with Gasteiger partial charge in [0.05, 0.1) is 24.9 Å². The van der Waals surface area contributed by atoms with Crippen molar-refractivity contribution in [2.75, 3.05) is 6.61 Å². The molecule has 0 aromatic carbocycles. The summed E-state index contributed by atoms with van der Waals surface area (Å²) in [5.74, 6) is -0.773. The fraction of sp³-hybridized carbons (Fsp3) is 0.857. The van der Waals surface area contributed by atoms with Crippen molar-refractivity contribution in [2.45, 2.75) is 147 Å². The van der Waals surface area contributed by atoms with E-state index in [0.717, 1.165) is 44.9 Å². The lowest BCUT2D eigenvalue weighted by Crippen LogP contribution is -2.60. The zero-order chi connectivity index (χ0) is 33.1. The maximum Gasteiger partial charge on any atom is 0.186 e. The van der Waals surface area contributed by atoms with Crippen molar-refractivity contribution in [1.29, 1.82) is 0 Å². The first kappa shape index (κ1) is 33.3. The van der Waals surface area contributed by atoms with Crippen LogP contribution in [-0.2, 0) is 23.7 Å².